The van der Waals surface area contributed by atoms with Crippen LogP contribution >= 0.6 is 0 Å². The van der Waals surface area contributed by atoms with Crippen molar-refractivity contribution < 1.29 is 9.59 Å². The lowest BCUT2D eigenvalue weighted by atomic mass is 9.94. The monoisotopic (exact) mass is 240 g/mol. The van der Waals surface area contributed by atoms with Crippen LogP contribution in [0, 0.1) is 0 Å². The average molecular weight is 240 g/mol. The van der Waals surface area contributed by atoms with Crippen molar-refractivity contribution >= 4 is 11.8 Å². The maximum absolute atomic E-state index is 11.8. The molecule has 0 spiro atoms. The van der Waals surface area contributed by atoms with Crippen LogP contribution in [0.5, 0.6) is 0 Å². The summed E-state index contributed by atoms with van der Waals surface area (Å²) in [4.78, 5) is 25.3. The van der Waals surface area contributed by atoms with Crippen molar-refractivity contribution in [2.24, 2.45) is 0 Å². The molecular formula is C13H24N2O2. The van der Waals surface area contributed by atoms with Gasteiger partial charge in [0.05, 0.1) is 0 Å². The largest absolute Gasteiger partial charge is 0.352 e. The fourth-order valence-corrected chi connectivity index (χ4v) is 2.61. The highest BCUT2D eigenvalue weighted by Crippen LogP contribution is 2.25. The second-order valence-electron chi connectivity index (χ2n) is 4.40. The van der Waals surface area contributed by atoms with Crippen molar-refractivity contribution in [2.75, 3.05) is 6.54 Å². The molecule has 2 amide bonds. The minimum atomic E-state index is -0.184. The van der Waals surface area contributed by atoms with Crippen LogP contribution in [-0.2, 0) is 9.59 Å². The third-order valence-electron chi connectivity index (χ3n) is 3.32. The van der Waals surface area contributed by atoms with E-state index in [2.05, 4.69) is 12.2 Å². The fourth-order valence-electron chi connectivity index (χ4n) is 2.61. The van der Waals surface area contributed by atoms with Crippen molar-refractivity contribution in [3.63, 3.8) is 0 Å². The molecule has 0 bridgehead atoms. The van der Waals surface area contributed by atoms with Crippen LogP contribution in [0.25, 0.3) is 0 Å². The van der Waals surface area contributed by atoms with Crippen LogP contribution in [0.2, 0.25) is 0 Å². The summed E-state index contributed by atoms with van der Waals surface area (Å²) >= 11 is 0. The van der Waals surface area contributed by atoms with Gasteiger partial charge in [0, 0.05) is 19.0 Å². The third-order valence-corrected chi connectivity index (χ3v) is 3.32. The van der Waals surface area contributed by atoms with Crippen LogP contribution in [0.4, 0.5) is 0 Å². The number of hydrogen-bond acceptors (Lipinski definition) is 2. The number of amides is 2. The van der Waals surface area contributed by atoms with Crippen molar-refractivity contribution in [1.29, 1.82) is 0 Å². The second-order valence-corrected chi connectivity index (χ2v) is 4.40. The zero-order valence-corrected chi connectivity index (χ0v) is 11.2. The van der Waals surface area contributed by atoms with E-state index in [0.29, 0.717) is 13.0 Å². The van der Waals surface area contributed by atoms with Gasteiger partial charge in [-0.1, -0.05) is 27.2 Å². The molecule has 4 heteroatoms. The van der Waals surface area contributed by atoms with E-state index in [1.165, 1.54) is 0 Å². The lowest BCUT2D eigenvalue weighted by molar-refractivity contribution is -0.150. The molecule has 0 aromatic heterocycles. The first-order chi connectivity index (χ1) is 8.24. The lowest BCUT2D eigenvalue weighted by Crippen LogP contribution is -2.63. The van der Waals surface area contributed by atoms with Crippen molar-refractivity contribution in [2.45, 2.75) is 65.0 Å². The van der Waals surface area contributed by atoms with Gasteiger partial charge in [0.15, 0.2) is 0 Å². The summed E-state index contributed by atoms with van der Waals surface area (Å²) in [5.74, 6) is 0.204. The highest BCUT2D eigenvalue weighted by molar-refractivity contribution is 5.90. The molecule has 2 rings (SSSR count). The van der Waals surface area contributed by atoms with Gasteiger partial charge in [-0.2, -0.15) is 0 Å². The third kappa shape index (κ3) is 2.99. The van der Waals surface area contributed by atoms with E-state index in [-0.39, 0.29) is 23.9 Å². The van der Waals surface area contributed by atoms with Gasteiger partial charge in [0.2, 0.25) is 11.8 Å². The molecule has 0 aliphatic carbocycles. The molecule has 2 aliphatic heterocycles. The number of nitrogens with one attached hydrogen (secondary N) is 1. The maximum Gasteiger partial charge on any atom is 0.242 e. The molecule has 98 valence electrons. The molecule has 2 saturated heterocycles. The molecule has 2 unspecified atom stereocenters. The van der Waals surface area contributed by atoms with Gasteiger partial charge in [0.25, 0.3) is 0 Å². The summed E-state index contributed by atoms with van der Waals surface area (Å²) in [6, 6.07) is 0.0436. The minimum absolute atomic E-state index is 0.0374. The Morgan fingerprint density at radius 2 is 2.06 bits per heavy atom. The first kappa shape index (κ1) is 14.0. The molecule has 0 aromatic carbocycles. The maximum atomic E-state index is 11.8. The van der Waals surface area contributed by atoms with E-state index in [9.17, 15) is 9.59 Å². The fraction of sp³-hybridized carbons (Fsp3) is 0.846. The first-order valence-electron chi connectivity index (χ1n) is 6.83. The topological polar surface area (TPSA) is 49.4 Å². The van der Waals surface area contributed by atoms with E-state index < -0.39 is 0 Å². The van der Waals surface area contributed by atoms with E-state index in [1.807, 2.05) is 18.7 Å². The molecular weight excluding hydrogens is 216 g/mol. The average Bonchev–Trinajstić information content (AvgIpc) is 2.36. The molecule has 2 atom stereocenters. The summed E-state index contributed by atoms with van der Waals surface area (Å²) in [6.45, 7) is 6.74. The van der Waals surface area contributed by atoms with Gasteiger partial charge < -0.3 is 10.2 Å². The van der Waals surface area contributed by atoms with Crippen LogP contribution in [0.1, 0.15) is 52.9 Å². The van der Waals surface area contributed by atoms with Gasteiger partial charge in [-0.15, -0.1) is 0 Å². The van der Waals surface area contributed by atoms with Crippen LogP contribution < -0.4 is 5.32 Å². The smallest absolute Gasteiger partial charge is 0.242 e. The summed E-state index contributed by atoms with van der Waals surface area (Å²) in [7, 11) is 0. The van der Waals surface area contributed by atoms with Gasteiger partial charge in [-0.3, -0.25) is 9.59 Å². The highest BCUT2D eigenvalue weighted by atomic mass is 16.2. The quantitative estimate of drug-likeness (QED) is 0.798. The Hall–Kier alpha value is -1.06. The van der Waals surface area contributed by atoms with E-state index >= 15 is 0 Å². The highest BCUT2D eigenvalue weighted by Gasteiger charge is 2.40. The second kappa shape index (κ2) is 6.62. The summed E-state index contributed by atoms with van der Waals surface area (Å²) in [5, 5.41) is 2.90. The Morgan fingerprint density at radius 1 is 1.35 bits per heavy atom. The molecule has 0 aromatic rings. The van der Waals surface area contributed by atoms with E-state index in [0.717, 1.165) is 25.7 Å². The predicted molar refractivity (Wildman–Crippen MR) is 67.5 cm³/mol. The molecule has 0 radical (unpaired) electrons. The van der Waals surface area contributed by atoms with Gasteiger partial charge in [-0.25, -0.2) is 0 Å². The zero-order valence-electron chi connectivity index (χ0n) is 11.2. The van der Waals surface area contributed by atoms with Crippen LogP contribution in [0.15, 0.2) is 0 Å². The SMILES string of the molecule is CC.CCCC1CNC(=O)C2CCCC(=O)N12. The standard InChI is InChI=1S/C11H18N2O2.C2H6/c1-2-4-8-7-12-11(15)9-5-3-6-10(14)13(8)9;1-2/h8-9H,2-7H2,1H3,(H,12,15);1-2H3. The Kier molecular flexibility index (Phi) is 5.45. The number of hydrogen-bond donors (Lipinski definition) is 1. The van der Waals surface area contributed by atoms with Crippen molar-refractivity contribution in [3.05, 3.63) is 0 Å². The lowest BCUT2D eigenvalue weighted by Gasteiger charge is -2.44. The summed E-state index contributed by atoms with van der Waals surface area (Å²) in [6.07, 6.45) is 4.34. The normalized spacial score (nSPS) is 27.8. The van der Waals surface area contributed by atoms with Gasteiger partial charge >= 0.3 is 0 Å². The molecule has 2 fully saturated rings. The number of fused-ring (bicyclic) bond motifs is 1. The summed E-state index contributed by atoms with van der Waals surface area (Å²) in [5.41, 5.74) is 0. The molecule has 0 saturated carbocycles. The number of piperidine rings is 1. The van der Waals surface area contributed by atoms with Crippen molar-refractivity contribution in [3.8, 4) is 0 Å². The molecule has 2 aliphatic rings. The minimum Gasteiger partial charge on any atom is -0.352 e. The Balaban J connectivity index is 0.000000686. The zero-order chi connectivity index (χ0) is 12.8. The van der Waals surface area contributed by atoms with Crippen molar-refractivity contribution in [1.82, 2.24) is 10.2 Å². The predicted octanol–water partition coefficient (Wildman–Crippen LogP) is 1.69. The number of nitrogens with zero attached hydrogens (tertiary/aromatic N) is 1. The van der Waals surface area contributed by atoms with Crippen LogP contribution in [0.3, 0.4) is 0 Å². The van der Waals surface area contributed by atoms with E-state index in [1.54, 1.807) is 0 Å². The molecule has 17 heavy (non-hydrogen) atoms. The van der Waals surface area contributed by atoms with Gasteiger partial charge in [0.1, 0.15) is 6.04 Å². The Morgan fingerprint density at radius 3 is 2.71 bits per heavy atom. The number of rotatable bonds is 2. The molecule has 2 heterocycles. The number of carbonyl (C=O) groups is 2. The van der Waals surface area contributed by atoms with Gasteiger partial charge in [-0.05, 0) is 19.3 Å². The van der Waals surface area contributed by atoms with E-state index in [4.69, 9.17) is 0 Å². The number of piperazine rings is 1. The molecule has 4 nitrogen and oxygen atoms in total. The number of carbonyl (C=O) groups excluding carboxylic acids is 2. The summed E-state index contributed by atoms with van der Waals surface area (Å²) < 4.78 is 0. The first-order valence-corrected chi connectivity index (χ1v) is 6.83. The molecule has 1 N–H and O–H groups in total. The van der Waals surface area contributed by atoms with Crippen LogP contribution in [-0.4, -0.2) is 35.3 Å². The Bertz CT molecular complexity index is 279. The Labute approximate surface area is 104 Å².